The SMILES string of the molecule is Cc1cc(C)cc(OCCCn2nnc(C(=O)O)c2C)c1. The fourth-order valence-corrected chi connectivity index (χ4v) is 2.19. The van der Waals surface area contributed by atoms with Gasteiger partial charge in [-0.25, -0.2) is 9.48 Å². The molecule has 2 aromatic rings. The smallest absolute Gasteiger partial charge is 0.358 e. The van der Waals surface area contributed by atoms with Crippen LogP contribution < -0.4 is 4.74 Å². The van der Waals surface area contributed by atoms with E-state index in [9.17, 15) is 4.79 Å². The van der Waals surface area contributed by atoms with Gasteiger partial charge in [-0.2, -0.15) is 0 Å². The first kappa shape index (κ1) is 15.0. The van der Waals surface area contributed by atoms with E-state index in [0.717, 1.165) is 12.2 Å². The average molecular weight is 289 g/mol. The van der Waals surface area contributed by atoms with Crippen LogP contribution in [0.2, 0.25) is 0 Å². The Morgan fingerprint density at radius 1 is 1.24 bits per heavy atom. The van der Waals surface area contributed by atoms with E-state index in [1.54, 1.807) is 11.6 Å². The molecule has 1 aromatic heterocycles. The molecule has 6 nitrogen and oxygen atoms in total. The maximum atomic E-state index is 10.9. The summed E-state index contributed by atoms with van der Waals surface area (Å²) in [7, 11) is 0. The van der Waals surface area contributed by atoms with Crippen LogP contribution in [0.4, 0.5) is 0 Å². The summed E-state index contributed by atoms with van der Waals surface area (Å²) in [5.41, 5.74) is 2.91. The predicted molar refractivity (Wildman–Crippen MR) is 77.7 cm³/mol. The molecular formula is C15H19N3O3. The molecule has 0 aliphatic carbocycles. The van der Waals surface area contributed by atoms with Crippen molar-refractivity contribution in [1.29, 1.82) is 0 Å². The van der Waals surface area contributed by atoms with Crippen molar-refractivity contribution in [1.82, 2.24) is 15.0 Å². The van der Waals surface area contributed by atoms with Crippen LogP contribution in [0.1, 0.15) is 33.7 Å². The Kier molecular flexibility index (Phi) is 4.57. The van der Waals surface area contributed by atoms with Gasteiger partial charge in [0.25, 0.3) is 0 Å². The molecule has 0 fully saturated rings. The summed E-state index contributed by atoms with van der Waals surface area (Å²) in [5.74, 6) is -0.195. The van der Waals surface area contributed by atoms with Crippen molar-refractivity contribution >= 4 is 5.97 Å². The minimum absolute atomic E-state index is 0.00484. The van der Waals surface area contributed by atoms with Crippen molar-refractivity contribution < 1.29 is 14.6 Å². The summed E-state index contributed by atoms with van der Waals surface area (Å²) in [6.45, 7) is 6.90. The number of aryl methyl sites for hydroxylation is 3. The van der Waals surface area contributed by atoms with Gasteiger partial charge in [0.1, 0.15) is 5.75 Å². The van der Waals surface area contributed by atoms with Crippen molar-refractivity contribution in [2.45, 2.75) is 33.7 Å². The number of carbonyl (C=O) groups is 1. The summed E-state index contributed by atoms with van der Waals surface area (Å²) in [5, 5.41) is 16.4. The van der Waals surface area contributed by atoms with Crippen molar-refractivity contribution in [3.63, 3.8) is 0 Å². The second kappa shape index (κ2) is 6.39. The Balaban J connectivity index is 1.86. The maximum absolute atomic E-state index is 10.9. The molecule has 0 spiro atoms. The van der Waals surface area contributed by atoms with E-state index in [4.69, 9.17) is 9.84 Å². The number of rotatable bonds is 6. The molecule has 0 saturated heterocycles. The molecule has 1 heterocycles. The molecule has 0 atom stereocenters. The normalized spacial score (nSPS) is 10.6. The lowest BCUT2D eigenvalue weighted by atomic mass is 10.1. The van der Waals surface area contributed by atoms with Crippen LogP contribution in [0.5, 0.6) is 5.75 Å². The first-order chi connectivity index (χ1) is 9.97. The minimum Gasteiger partial charge on any atom is -0.494 e. The number of aromatic nitrogens is 3. The highest BCUT2D eigenvalue weighted by molar-refractivity contribution is 5.86. The molecule has 21 heavy (non-hydrogen) atoms. The van der Waals surface area contributed by atoms with Gasteiger partial charge in [0.2, 0.25) is 0 Å². The zero-order chi connectivity index (χ0) is 15.4. The van der Waals surface area contributed by atoms with E-state index < -0.39 is 5.97 Å². The van der Waals surface area contributed by atoms with E-state index in [1.165, 1.54) is 11.1 Å². The van der Waals surface area contributed by atoms with Gasteiger partial charge in [-0.05, 0) is 44.0 Å². The molecule has 6 heteroatoms. The van der Waals surface area contributed by atoms with Gasteiger partial charge in [0.15, 0.2) is 5.69 Å². The van der Waals surface area contributed by atoms with E-state index >= 15 is 0 Å². The Bertz CT molecular complexity index is 629. The van der Waals surface area contributed by atoms with Gasteiger partial charge in [0.05, 0.1) is 12.3 Å². The molecule has 0 radical (unpaired) electrons. The Labute approximate surface area is 123 Å². The third kappa shape index (κ3) is 3.81. The van der Waals surface area contributed by atoms with Crippen molar-refractivity contribution in [3.05, 3.63) is 40.7 Å². The monoisotopic (exact) mass is 289 g/mol. The van der Waals surface area contributed by atoms with Crippen LogP contribution in [0.15, 0.2) is 18.2 Å². The summed E-state index contributed by atoms with van der Waals surface area (Å²) in [6.07, 6.45) is 0.732. The van der Waals surface area contributed by atoms with Crippen molar-refractivity contribution in [2.75, 3.05) is 6.61 Å². The van der Waals surface area contributed by atoms with Crippen molar-refractivity contribution in [3.8, 4) is 5.75 Å². The molecular weight excluding hydrogens is 270 g/mol. The summed E-state index contributed by atoms with van der Waals surface area (Å²) in [6, 6.07) is 6.09. The topological polar surface area (TPSA) is 77.2 Å². The highest BCUT2D eigenvalue weighted by Gasteiger charge is 2.14. The summed E-state index contributed by atoms with van der Waals surface area (Å²) >= 11 is 0. The molecule has 0 aliphatic rings. The molecule has 112 valence electrons. The number of aromatic carboxylic acids is 1. The van der Waals surface area contributed by atoms with Gasteiger partial charge in [-0.3, -0.25) is 0 Å². The highest BCUT2D eigenvalue weighted by Crippen LogP contribution is 2.16. The molecule has 1 N–H and O–H groups in total. The fourth-order valence-electron chi connectivity index (χ4n) is 2.19. The van der Waals surface area contributed by atoms with Gasteiger partial charge >= 0.3 is 5.97 Å². The van der Waals surface area contributed by atoms with Crippen LogP contribution in [0.3, 0.4) is 0 Å². The van der Waals surface area contributed by atoms with E-state index in [2.05, 4.69) is 16.4 Å². The molecule has 0 bridgehead atoms. The van der Waals surface area contributed by atoms with E-state index in [1.807, 2.05) is 26.0 Å². The maximum Gasteiger partial charge on any atom is 0.358 e. The first-order valence-corrected chi connectivity index (χ1v) is 6.82. The number of nitrogens with zero attached hydrogens (tertiary/aromatic N) is 3. The van der Waals surface area contributed by atoms with Gasteiger partial charge in [-0.1, -0.05) is 11.3 Å². The average Bonchev–Trinajstić information content (AvgIpc) is 2.75. The third-order valence-electron chi connectivity index (χ3n) is 3.16. The molecule has 2 rings (SSSR count). The zero-order valence-electron chi connectivity index (χ0n) is 12.5. The van der Waals surface area contributed by atoms with Gasteiger partial charge in [-0.15, -0.1) is 5.10 Å². The molecule has 0 unspecified atom stereocenters. The molecule has 1 aromatic carbocycles. The molecule has 0 saturated carbocycles. The number of hydrogen-bond acceptors (Lipinski definition) is 4. The minimum atomic E-state index is -1.05. The number of benzene rings is 1. The largest absolute Gasteiger partial charge is 0.494 e. The van der Waals surface area contributed by atoms with Crippen LogP contribution in [-0.2, 0) is 6.54 Å². The summed E-state index contributed by atoms with van der Waals surface area (Å²) < 4.78 is 7.30. The van der Waals surface area contributed by atoms with Crippen LogP contribution in [0, 0.1) is 20.8 Å². The first-order valence-electron chi connectivity index (χ1n) is 6.82. The van der Waals surface area contributed by atoms with Gasteiger partial charge in [0, 0.05) is 13.0 Å². The number of hydrogen-bond donors (Lipinski definition) is 1. The third-order valence-corrected chi connectivity index (χ3v) is 3.16. The summed E-state index contributed by atoms with van der Waals surface area (Å²) in [4.78, 5) is 10.9. The number of carboxylic acid groups (broad SMARTS) is 1. The second-order valence-corrected chi connectivity index (χ2v) is 5.08. The molecule has 0 aliphatic heterocycles. The quantitative estimate of drug-likeness (QED) is 0.826. The molecule has 0 amide bonds. The predicted octanol–water partition coefficient (Wildman–Crippen LogP) is 2.37. The lowest BCUT2D eigenvalue weighted by molar-refractivity contribution is 0.0689. The lowest BCUT2D eigenvalue weighted by Gasteiger charge is -2.08. The van der Waals surface area contributed by atoms with E-state index in [-0.39, 0.29) is 5.69 Å². The number of carboxylic acids is 1. The number of ether oxygens (including phenoxy) is 1. The standard InChI is InChI=1S/C15H19N3O3/c1-10-7-11(2)9-13(8-10)21-6-4-5-18-12(3)14(15(19)20)16-17-18/h7-9H,4-6H2,1-3H3,(H,19,20). The fraction of sp³-hybridized carbons (Fsp3) is 0.400. The van der Waals surface area contributed by atoms with Crippen molar-refractivity contribution in [2.24, 2.45) is 0 Å². The van der Waals surface area contributed by atoms with Gasteiger partial charge < -0.3 is 9.84 Å². The van der Waals surface area contributed by atoms with E-state index in [0.29, 0.717) is 18.8 Å². The highest BCUT2D eigenvalue weighted by atomic mass is 16.5. The zero-order valence-corrected chi connectivity index (χ0v) is 12.5. The Morgan fingerprint density at radius 2 is 1.90 bits per heavy atom. The Morgan fingerprint density at radius 3 is 2.48 bits per heavy atom. The van der Waals surface area contributed by atoms with Crippen LogP contribution in [0.25, 0.3) is 0 Å². The Hall–Kier alpha value is -2.37. The second-order valence-electron chi connectivity index (χ2n) is 5.08. The van der Waals surface area contributed by atoms with Crippen LogP contribution in [-0.4, -0.2) is 32.7 Å². The van der Waals surface area contributed by atoms with Crippen LogP contribution >= 0.6 is 0 Å². The lowest BCUT2D eigenvalue weighted by Crippen LogP contribution is -2.08.